The third-order valence-electron chi connectivity index (χ3n) is 3.38. The molecule has 98 valence electrons. The van der Waals surface area contributed by atoms with Crippen molar-refractivity contribution in [2.45, 2.75) is 26.3 Å². The van der Waals surface area contributed by atoms with Gasteiger partial charge in [0.15, 0.2) is 0 Å². The molecule has 0 radical (unpaired) electrons. The fourth-order valence-corrected chi connectivity index (χ4v) is 2.13. The van der Waals surface area contributed by atoms with E-state index in [0.29, 0.717) is 22.9 Å². The highest BCUT2D eigenvalue weighted by Gasteiger charge is 2.24. The van der Waals surface area contributed by atoms with Gasteiger partial charge in [0.25, 0.3) is 5.91 Å². The summed E-state index contributed by atoms with van der Waals surface area (Å²) in [5.41, 5.74) is 7.39. The molecule has 2 rings (SSSR count). The van der Waals surface area contributed by atoms with Gasteiger partial charge in [-0.2, -0.15) is 0 Å². The molecule has 1 saturated heterocycles. The van der Waals surface area contributed by atoms with Crippen LogP contribution in [-0.4, -0.2) is 30.1 Å². The zero-order chi connectivity index (χ0) is 13.1. The third-order valence-corrected chi connectivity index (χ3v) is 3.38. The summed E-state index contributed by atoms with van der Waals surface area (Å²) in [7, 11) is 0. The van der Waals surface area contributed by atoms with E-state index < -0.39 is 0 Å². The first-order chi connectivity index (χ1) is 8.58. The summed E-state index contributed by atoms with van der Waals surface area (Å²) >= 11 is 0. The van der Waals surface area contributed by atoms with Crippen LogP contribution in [-0.2, 0) is 4.74 Å². The summed E-state index contributed by atoms with van der Waals surface area (Å²) < 4.78 is 5.32. The number of carbonyl (C=O) groups is 1. The van der Waals surface area contributed by atoms with Gasteiger partial charge in [-0.25, -0.2) is 0 Å². The molecule has 1 fully saturated rings. The van der Waals surface area contributed by atoms with E-state index in [1.807, 2.05) is 6.92 Å². The molecule has 0 spiro atoms. The second-order valence-electron chi connectivity index (χ2n) is 4.79. The Morgan fingerprint density at radius 3 is 3.11 bits per heavy atom. The van der Waals surface area contributed by atoms with Gasteiger partial charge in [-0.05, 0) is 26.3 Å². The normalized spacial score (nSPS) is 20.7. The van der Waals surface area contributed by atoms with Crippen molar-refractivity contribution >= 4 is 11.6 Å². The summed E-state index contributed by atoms with van der Waals surface area (Å²) in [6, 6.07) is 1.76. The highest BCUT2D eigenvalue weighted by atomic mass is 16.5. The number of aromatic nitrogens is 1. The predicted octanol–water partition coefficient (Wildman–Crippen LogP) is 1.13. The van der Waals surface area contributed by atoms with Crippen LogP contribution in [0.3, 0.4) is 0 Å². The lowest BCUT2D eigenvalue weighted by Crippen LogP contribution is -2.38. The quantitative estimate of drug-likeness (QED) is 0.841. The van der Waals surface area contributed by atoms with E-state index in [-0.39, 0.29) is 11.9 Å². The molecule has 5 heteroatoms. The molecule has 0 aromatic carbocycles. The largest absolute Gasteiger partial charge is 0.397 e. The lowest BCUT2D eigenvalue weighted by Gasteiger charge is -2.19. The van der Waals surface area contributed by atoms with Gasteiger partial charge in [-0.3, -0.25) is 9.78 Å². The first-order valence-electron chi connectivity index (χ1n) is 6.18. The van der Waals surface area contributed by atoms with Crippen molar-refractivity contribution in [1.82, 2.24) is 10.3 Å². The van der Waals surface area contributed by atoms with E-state index >= 15 is 0 Å². The summed E-state index contributed by atoms with van der Waals surface area (Å²) in [6.07, 6.45) is 2.55. The number of hydrogen-bond donors (Lipinski definition) is 2. The number of aryl methyl sites for hydroxylation is 1. The number of ether oxygens (including phenoxy) is 1. The van der Waals surface area contributed by atoms with Gasteiger partial charge >= 0.3 is 0 Å². The van der Waals surface area contributed by atoms with Crippen LogP contribution in [0.1, 0.15) is 29.4 Å². The third kappa shape index (κ3) is 2.79. The fourth-order valence-electron chi connectivity index (χ4n) is 2.13. The molecule has 2 unspecified atom stereocenters. The van der Waals surface area contributed by atoms with E-state index in [0.717, 1.165) is 19.6 Å². The number of pyridine rings is 1. The number of nitrogens with one attached hydrogen (secondary N) is 1. The van der Waals surface area contributed by atoms with Crippen LogP contribution in [0.25, 0.3) is 0 Å². The van der Waals surface area contributed by atoms with Gasteiger partial charge in [-0.1, -0.05) is 0 Å². The molecular formula is C13H19N3O2. The Kier molecular flexibility index (Phi) is 3.81. The fraction of sp³-hybridized carbons (Fsp3) is 0.538. The Morgan fingerprint density at radius 1 is 1.67 bits per heavy atom. The van der Waals surface area contributed by atoms with Crippen LogP contribution in [0.15, 0.2) is 12.3 Å². The van der Waals surface area contributed by atoms with Crippen LogP contribution < -0.4 is 11.1 Å². The number of rotatable bonds is 3. The van der Waals surface area contributed by atoms with Gasteiger partial charge in [0, 0.05) is 18.6 Å². The predicted molar refractivity (Wildman–Crippen MR) is 69.2 cm³/mol. The lowest BCUT2D eigenvalue weighted by molar-refractivity contribution is 0.0921. The molecule has 1 aromatic rings. The van der Waals surface area contributed by atoms with E-state index in [1.165, 1.54) is 0 Å². The molecule has 1 amide bonds. The summed E-state index contributed by atoms with van der Waals surface area (Å²) in [5.74, 6) is 0.273. The first kappa shape index (κ1) is 12.8. The van der Waals surface area contributed by atoms with E-state index in [1.54, 1.807) is 19.2 Å². The van der Waals surface area contributed by atoms with Crippen LogP contribution in [0, 0.1) is 12.8 Å². The Bertz CT molecular complexity index is 442. The highest BCUT2D eigenvalue weighted by molar-refractivity contribution is 5.96. The van der Waals surface area contributed by atoms with Gasteiger partial charge in [-0.15, -0.1) is 0 Å². The molecule has 1 aliphatic rings. The molecule has 2 atom stereocenters. The molecule has 1 aromatic heterocycles. The Balaban J connectivity index is 2.04. The number of anilines is 1. The van der Waals surface area contributed by atoms with Crippen molar-refractivity contribution in [2.24, 2.45) is 5.92 Å². The van der Waals surface area contributed by atoms with Crippen LogP contribution in [0.4, 0.5) is 5.69 Å². The number of nitrogens with zero attached hydrogens (tertiary/aromatic N) is 1. The van der Waals surface area contributed by atoms with Crippen molar-refractivity contribution in [3.8, 4) is 0 Å². The van der Waals surface area contributed by atoms with Crippen LogP contribution in [0.2, 0.25) is 0 Å². The Morgan fingerprint density at radius 2 is 2.44 bits per heavy atom. The number of nitrogen functional groups attached to an aromatic ring is 1. The summed E-state index contributed by atoms with van der Waals surface area (Å²) in [6.45, 7) is 5.31. The Labute approximate surface area is 107 Å². The Hall–Kier alpha value is -1.62. The van der Waals surface area contributed by atoms with E-state index in [9.17, 15) is 4.79 Å². The minimum atomic E-state index is -0.119. The smallest absolute Gasteiger partial charge is 0.253 e. The minimum absolute atomic E-state index is 0.0980. The molecule has 0 bridgehead atoms. The second kappa shape index (κ2) is 5.35. The van der Waals surface area contributed by atoms with Gasteiger partial charge in [0.1, 0.15) is 0 Å². The molecule has 5 nitrogen and oxygen atoms in total. The average Bonchev–Trinajstić information content (AvgIpc) is 2.85. The topological polar surface area (TPSA) is 77.2 Å². The van der Waals surface area contributed by atoms with Crippen molar-refractivity contribution in [1.29, 1.82) is 0 Å². The standard InChI is InChI=1S/C13H19N3O2/c1-8(10-3-4-18-7-10)16-13(17)12-5-11(14)6-15-9(12)2/h5-6,8,10H,3-4,7,14H2,1-2H3,(H,16,17). The highest BCUT2D eigenvalue weighted by Crippen LogP contribution is 2.17. The maximum Gasteiger partial charge on any atom is 0.253 e. The second-order valence-corrected chi connectivity index (χ2v) is 4.79. The molecule has 18 heavy (non-hydrogen) atoms. The molecule has 0 saturated carbocycles. The van der Waals surface area contributed by atoms with Gasteiger partial charge < -0.3 is 15.8 Å². The molecule has 2 heterocycles. The van der Waals surface area contributed by atoms with Crippen molar-refractivity contribution in [2.75, 3.05) is 18.9 Å². The maximum absolute atomic E-state index is 12.1. The lowest BCUT2D eigenvalue weighted by atomic mass is 10.0. The zero-order valence-corrected chi connectivity index (χ0v) is 10.8. The van der Waals surface area contributed by atoms with E-state index in [4.69, 9.17) is 10.5 Å². The van der Waals surface area contributed by atoms with E-state index in [2.05, 4.69) is 10.3 Å². The number of hydrogen-bond acceptors (Lipinski definition) is 4. The van der Waals surface area contributed by atoms with Crippen LogP contribution in [0.5, 0.6) is 0 Å². The van der Waals surface area contributed by atoms with Gasteiger partial charge in [0.05, 0.1) is 29.7 Å². The monoisotopic (exact) mass is 249 g/mol. The van der Waals surface area contributed by atoms with Crippen molar-refractivity contribution < 1.29 is 9.53 Å². The molecule has 0 aliphatic carbocycles. The van der Waals surface area contributed by atoms with Crippen LogP contribution >= 0.6 is 0 Å². The minimum Gasteiger partial charge on any atom is -0.397 e. The molecule has 1 aliphatic heterocycles. The number of amides is 1. The molecular weight excluding hydrogens is 230 g/mol. The first-order valence-corrected chi connectivity index (χ1v) is 6.18. The van der Waals surface area contributed by atoms with Gasteiger partial charge in [0.2, 0.25) is 0 Å². The van der Waals surface area contributed by atoms with Crippen molar-refractivity contribution in [3.05, 3.63) is 23.5 Å². The zero-order valence-electron chi connectivity index (χ0n) is 10.8. The maximum atomic E-state index is 12.1. The SMILES string of the molecule is Cc1ncc(N)cc1C(=O)NC(C)C1CCOC1. The average molecular weight is 249 g/mol. The summed E-state index contributed by atoms with van der Waals surface area (Å²) in [5, 5.41) is 2.99. The number of nitrogens with two attached hydrogens (primary N) is 1. The summed E-state index contributed by atoms with van der Waals surface area (Å²) in [4.78, 5) is 16.2. The van der Waals surface area contributed by atoms with Crippen molar-refractivity contribution in [3.63, 3.8) is 0 Å². The number of carbonyl (C=O) groups excluding carboxylic acids is 1. The molecule has 3 N–H and O–H groups in total.